The molecule has 3 aromatic rings. The molecule has 4 rings (SSSR count). The summed E-state index contributed by atoms with van der Waals surface area (Å²) >= 11 is 0. The second-order valence-electron chi connectivity index (χ2n) is 7.92. The van der Waals surface area contributed by atoms with E-state index in [0.717, 1.165) is 43.7 Å². The number of likely N-dealkylation sites (tertiary alicyclic amines) is 1. The highest BCUT2D eigenvalue weighted by Crippen LogP contribution is 2.22. The first kappa shape index (κ1) is 22.5. The van der Waals surface area contributed by atoms with Crippen molar-refractivity contribution >= 4 is 17.5 Å². The van der Waals surface area contributed by atoms with E-state index in [1.54, 1.807) is 12.1 Å². The number of aromatic nitrogens is 2. The van der Waals surface area contributed by atoms with Crippen molar-refractivity contribution < 1.29 is 18.8 Å². The lowest BCUT2D eigenvalue weighted by Gasteiger charge is -2.27. The minimum absolute atomic E-state index is 0.0394. The normalized spacial score (nSPS) is 13.5. The predicted molar refractivity (Wildman–Crippen MR) is 124 cm³/mol. The van der Waals surface area contributed by atoms with Gasteiger partial charge < -0.3 is 19.5 Å². The molecule has 0 spiro atoms. The molecule has 8 nitrogen and oxygen atoms in total. The smallest absolute Gasteiger partial charge is 0.255 e. The fraction of sp³-hybridized carbons (Fsp3) is 0.360. The van der Waals surface area contributed by atoms with Crippen LogP contribution >= 0.6 is 0 Å². The van der Waals surface area contributed by atoms with Crippen LogP contribution in [-0.2, 0) is 11.2 Å². The number of nitrogens with zero attached hydrogens (tertiary/aromatic N) is 3. The third-order valence-corrected chi connectivity index (χ3v) is 5.53. The minimum Gasteiger partial charge on any atom is -0.494 e. The summed E-state index contributed by atoms with van der Waals surface area (Å²) in [6, 6.07) is 14.6. The van der Waals surface area contributed by atoms with Gasteiger partial charge in [-0.1, -0.05) is 17.3 Å². The first-order valence-electron chi connectivity index (χ1n) is 11.4. The molecule has 8 heteroatoms. The Morgan fingerprint density at radius 1 is 1.06 bits per heavy atom. The summed E-state index contributed by atoms with van der Waals surface area (Å²) in [4.78, 5) is 31.7. The number of nitrogens with one attached hydrogen (secondary N) is 1. The third-order valence-electron chi connectivity index (χ3n) is 5.53. The van der Waals surface area contributed by atoms with Gasteiger partial charge in [0.15, 0.2) is 0 Å². The largest absolute Gasteiger partial charge is 0.494 e. The quantitative estimate of drug-likeness (QED) is 0.551. The standard InChI is InChI=1S/C25H28N4O4/c1-2-32-19-12-10-18(11-13-19)24-27-23(33-28-24)15-14-22(30)26-21-9-5-4-8-20(21)25(31)29-16-6-3-7-17-29/h4-5,8-13H,2-3,6-7,14-17H2,1H3,(H,26,30). The molecule has 1 fully saturated rings. The highest BCUT2D eigenvalue weighted by molar-refractivity contribution is 6.03. The lowest BCUT2D eigenvalue weighted by atomic mass is 10.1. The summed E-state index contributed by atoms with van der Waals surface area (Å²) in [5.74, 6) is 1.37. The van der Waals surface area contributed by atoms with E-state index in [0.29, 0.717) is 36.0 Å². The number of benzene rings is 2. The van der Waals surface area contributed by atoms with E-state index in [1.165, 1.54) is 0 Å². The Morgan fingerprint density at radius 2 is 1.82 bits per heavy atom. The number of hydrogen-bond acceptors (Lipinski definition) is 6. The van der Waals surface area contributed by atoms with Gasteiger partial charge in [0.25, 0.3) is 5.91 Å². The zero-order valence-corrected chi connectivity index (χ0v) is 18.8. The first-order chi connectivity index (χ1) is 16.1. The van der Waals surface area contributed by atoms with Crippen LogP contribution in [0.4, 0.5) is 5.69 Å². The van der Waals surface area contributed by atoms with E-state index in [4.69, 9.17) is 9.26 Å². The van der Waals surface area contributed by atoms with Gasteiger partial charge in [0, 0.05) is 31.5 Å². The number of para-hydroxylation sites is 1. The van der Waals surface area contributed by atoms with E-state index in [9.17, 15) is 9.59 Å². The Kier molecular flexibility index (Phi) is 7.34. The molecule has 172 valence electrons. The molecule has 1 aliphatic rings. The van der Waals surface area contributed by atoms with E-state index in [2.05, 4.69) is 15.5 Å². The van der Waals surface area contributed by atoms with Crippen LogP contribution in [0.2, 0.25) is 0 Å². The van der Waals surface area contributed by atoms with Gasteiger partial charge in [-0.3, -0.25) is 9.59 Å². The van der Waals surface area contributed by atoms with Crippen molar-refractivity contribution in [2.45, 2.75) is 39.0 Å². The van der Waals surface area contributed by atoms with E-state index in [-0.39, 0.29) is 18.2 Å². The number of amides is 2. The lowest BCUT2D eigenvalue weighted by molar-refractivity contribution is -0.116. The lowest BCUT2D eigenvalue weighted by Crippen LogP contribution is -2.36. The van der Waals surface area contributed by atoms with Crippen molar-refractivity contribution in [3.63, 3.8) is 0 Å². The van der Waals surface area contributed by atoms with Gasteiger partial charge in [0.05, 0.1) is 17.9 Å². The van der Waals surface area contributed by atoms with Crippen LogP contribution in [0.25, 0.3) is 11.4 Å². The zero-order valence-electron chi connectivity index (χ0n) is 18.8. The van der Waals surface area contributed by atoms with Gasteiger partial charge in [0.1, 0.15) is 5.75 Å². The number of anilines is 1. The Morgan fingerprint density at radius 3 is 2.58 bits per heavy atom. The summed E-state index contributed by atoms with van der Waals surface area (Å²) < 4.78 is 10.7. The summed E-state index contributed by atoms with van der Waals surface area (Å²) in [6.45, 7) is 4.05. The number of aryl methyl sites for hydroxylation is 1. The molecule has 0 bridgehead atoms. The SMILES string of the molecule is CCOc1ccc(-c2noc(CCC(=O)Nc3ccccc3C(=O)N3CCCCC3)n2)cc1. The first-order valence-corrected chi connectivity index (χ1v) is 11.4. The molecule has 0 aliphatic carbocycles. The van der Waals surface area contributed by atoms with Gasteiger partial charge in [-0.05, 0) is 62.6 Å². The van der Waals surface area contributed by atoms with E-state index < -0.39 is 0 Å². The van der Waals surface area contributed by atoms with E-state index >= 15 is 0 Å². The summed E-state index contributed by atoms with van der Waals surface area (Å²) in [7, 11) is 0. The monoisotopic (exact) mass is 448 g/mol. The van der Waals surface area contributed by atoms with Gasteiger partial charge in [0.2, 0.25) is 17.6 Å². The fourth-order valence-corrected chi connectivity index (χ4v) is 3.82. The van der Waals surface area contributed by atoms with Crippen LogP contribution in [0.15, 0.2) is 53.1 Å². The maximum Gasteiger partial charge on any atom is 0.255 e. The van der Waals surface area contributed by atoms with Crippen LogP contribution in [0.3, 0.4) is 0 Å². The van der Waals surface area contributed by atoms with Gasteiger partial charge in [-0.2, -0.15) is 4.98 Å². The molecule has 2 amide bonds. The van der Waals surface area contributed by atoms with Crippen LogP contribution in [0.1, 0.15) is 48.9 Å². The zero-order chi connectivity index (χ0) is 23.0. The molecule has 2 aromatic carbocycles. The fourth-order valence-electron chi connectivity index (χ4n) is 3.82. The number of ether oxygens (including phenoxy) is 1. The van der Waals surface area contributed by atoms with E-state index in [1.807, 2.05) is 48.2 Å². The van der Waals surface area contributed by atoms with Crippen LogP contribution in [0.5, 0.6) is 5.75 Å². The molecule has 0 atom stereocenters. The molecular weight excluding hydrogens is 420 g/mol. The molecule has 2 heterocycles. The Hall–Kier alpha value is -3.68. The summed E-state index contributed by atoms with van der Waals surface area (Å²) in [5, 5.41) is 6.87. The van der Waals surface area contributed by atoms with Crippen LogP contribution in [0, 0.1) is 0 Å². The van der Waals surface area contributed by atoms with Gasteiger partial charge in [-0.25, -0.2) is 0 Å². The Labute approximate surface area is 192 Å². The van der Waals surface area contributed by atoms with Crippen molar-refractivity contribution in [3.05, 3.63) is 60.0 Å². The number of carbonyl (C=O) groups excluding carboxylic acids is 2. The van der Waals surface area contributed by atoms with Crippen molar-refractivity contribution in [2.75, 3.05) is 25.0 Å². The van der Waals surface area contributed by atoms with Crippen molar-refractivity contribution in [3.8, 4) is 17.1 Å². The molecule has 1 aromatic heterocycles. The number of piperidine rings is 1. The molecule has 1 saturated heterocycles. The van der Waals surface area contributed by atoms with Crippen LogP contribution in [-0.4, -0.2) is 46.6 Å². The van der Waals surface area contributed by atoms with Gasteiger partial charge in [-0.15, -0.1) is 0 Å². The molecule has 1 aliphatic heterocycles. The van der Waals surface area contributed by atoms with Crippen molar-refractivity contribution in [1.29, 1.82) is 0 Å². The van der Waals surface area contributed by atoms with Gasteiger partial charge >= 0.3 is 0 Å². The second kappa shape index (κ2) is 10.8. The number of carbonyl (C=O) groups is 2. The number of rotatable bonds is 8. The maximum absolute atomic E-state index is 12.9. The highest BCUT2D eigenvalue weighted by atomic mass is 16.5. The van der Waals surface area contributed by atoms with Crippen molar-refractivity contribution in [2.24, 2.45) is 0 Å². The number of hydrogen-bond donors (Lipinski definition) is 1. The highest BCUT2D eigenvalue weighted by Gasteiger charge is 2.21. The van der Waals surface area contributed by atoms with Crippen molar-refractivity contribution in [1.82, 2.24) is 15.0 Å². The Bertz CT molecular complexity index is 1090. The third kappa shape index (κ3) is 5.77. The topological polar surface area (TPSA) is 97.6 Å². The molecule has 0 radical (unpaired) electrons. The van der Waals surface area contributed by atoms with Crippen LogP contribution < -0.4 is 10.1 Å². The summed E-state index contributed by atoms with van der Waals surface area (Å²) in [5.41, 5.74) is 1.85. The average molecular weight is 449 g/mol. The second-order valence-corrected chi connectivity index (χ2v) is 7.92. The summed E-state index contributed by atoms with van der Waals surface area (Å²) in [6.07, 6.45) is 3.65. The molecular formula is C25H28N4O4. The predicted octanol–water partition coefficient (Wildman–Crippen LogP) is 4.33. The molecule has 0 unspecified atom stereocenters. The maximum atomic E-state index is 12.9. The Balaban J connectivity index is 1.34. The molecule has 33 heavy (non-hydrogen) atoms. The average Bonchev–Trinajstić information content (AvgIpc) is 3.33. The molecule has 0 saturated carbocycles. The molecule has 1 N–H and O–H groups in total. The minimum atomic E-state index is -0.213.